The fourth-order valence-corrected chi connectivity index (χ4v) is 0.935. The highest BCUT2D eigenvalue weighted by atomic mass is 16.3. The molecule has 0 radical (unpaired) electrons. The van der Waals surface area contributed by atoms with Crippen molar-refractivity contribution in [3.63, 3.8) is 0 Å². The zero-order valence-corrected chi connectivity index (χ0v) is 7.53. The smallest absolute Gasteiger partial charge is 0.220 e. The Hall–Kier alpha value is -1.57. The highest BCUT2D eigenvalue weighted by Crippen LogP contribution is 2.04. The predicted octanol–water partition coefficient (Wildman–Crippen LogP) is 2.18. The van der Waals surface area contributed by atoms with E-state index in [1.165, 1.54) is 12.1 Å². The third kappa shape index (κ3) is 2.75. The van der Waals surface area contributed by atoms with Gasteiger partial charge in [-0.3, -0.25) is 4.79 Å². The van der Waals surface area contributed by atoms with Crippen molar-refractivity contribution < 1.29 is 5.11 Å². The summed E-state index contributed by atoms with van der Waals surface area (Å²) < 4.78 is 0. The fraction of sp³-hybridized carbons (Fsp3) is 0.182. The summed E-state index contributed by atoms with van der Waals surface area (Å²) in [5.41, 5.74) is 0.565. The highest BCUT2D eigenvalue weighted by molar-refractivity contribution is 5.48. The lowest BCUT2D eigenvalue weighted by Crippen LogP contribution is -1.91. The third-order valence-electron chi connectivity index (χ3n) is 1.66. The summed E-state index contributed by atoms with van der Waals surface area (Å²) in [4.78, 5) is 11.0. The summed E-state index contributed by atoms with van der Waals surface area (Å²) in [5, 5.41) is 9.09. The van der Waals surface area contributed by atoms with E-state index in [9.17, 15) is 4.79 Å². The van der Waals surface area contributed by atoms with Gasteiger partial charge in [0.05, 0.1) is 0 Å². The molecule has 2 heteroatoms. The standard InChI is InChI=1S/C11H12O2/c1-2-3-4-9-5-7-10(12)11(13)8-6-9/h3-8H,2H2,1H3,(H,12,13)/b4-3+. The number of aromatic hydroxyl groups is 1. The van der Waals surface area contributed by atoms with Crippen LogP contribution in [0.1, 0.15) is 18.9 Å². The van der Waals surface area contributed by atoms with Crippen molar-refractivity contribution in [3.8, 4) is 5.75 Å². The van der Waals surface area contributed by atoms with Crippen LogP contribution in [-0.4, -0.2) is 5.11 Å². The van der Waals surface area contributed by atoms with Gasteiger partial charge >= 0.3 is 0 Å². The summed E-state index contributed by atoms with van der Waals surface area (Å²) in [7, 11) is 0. The topological polar surface area (TPSA) is 37.3 Å². The molecule has 0 amide bonds. The minimum absolute atomic E-state index is 0.212. The maximum atomic E-state index is 11.0. The molecule has 0 aliphatic heterocycles. The number of allylic oxidation sites excluding steroid dienone is 1. The second kappa shape index (κ2) is 4.45. The van der Waals surface area contributed by atoms with E-state index >= 15 is 0 Å². The Morgan fingerprint density at radius 2 is 2.00 bits per heavy atom. The molecule has 1 aromatic rings. The van der Waals surface area contributed by atoms with Gasteiger partial charge in [-0.2, -0.15) is 0 Å². The van der Waals surface area contributed by atoms with Crippen LogP contribution in [0.25, 0.3) is 6.08 Å². The van der Waals surface area contributed by atoms with Gasteiger partial charge in [-0.15, -0.1) is 0 Å². The van der Waals surface area contributed by atoms with Crippen molar-refractivity contribution in [1.29, 1.82) is 0 Å². The molecule has 1 aromatic carbocycles. The van der Waals surface area contributed by atoms with E-state index in [0.29, 0.717) is 0 Å². The molecule has 0 atom stereocenters. The first-order valence-corrected chi connectivity index (χ1v) is 4.24. The lowest BCUT2D eigenvalue weighted by atomic mass is 10.2. The molecule has 0 aliphatic carbocycles. The molecule has 2 nitrogen and oxygen atoms in total. The van der Waals surface area contributed by atoms with Crippen molar-refractivity contribution in [3.05, 3.63) is 46.1 Å². The molecular formula is C11H12O2. The van der Waals surface area contributed by atoms with Gasteiger partial charge in [-0.1, -0.05) is 31.2 Å². The van der Waals surface area contributed by atoms with E-state index in [4.69, 9.17) is 5.11 Å². The maximum Gasteiger partial charge on any atom is 0.220 e. The van der Waals surface area contributed by atoms with Gasteiger partial charge in [-0.25, -0.2) is 0 Å². The molecule has 0 heterocycles. The van der Waals surface area contributed by atoms with Gasteiger partial charge in [0.25, 0.3) is 0 Å². The molecule has 1 rings (SSSR count). The lowest BCUT2D eigenvalue weighted by molar-refractivity contribution is 0.471. The van der Waals surface area contributed by atoms with Crippen molar-refractivity contribution in [2.24, 2.45) is 0 Å². The van der Waals surface area contributed by atoms with Crippen LogP contribution >= 0.6 is 0 Å². The van der Waals surface area contributed by atoms with Crippen molar-refractivity contribution in [2.75, 3.05) is 0 Å². The van der Waals surface area contributed by atoms with E-state index in [2.05, 4.69) is 0 Å². The zero-order chi connectivity index (χ0) is 9.68. The summed E-state index contributed by atoms with van der Waals surface area (Å²) in [6, 6.07) is 6.18. The van der Waals surface area contributed by atoms with E-state index < -0.39 is 0 Å². The maximum absolute atomic E-state index is 11.0. The summed E-state index contributed by atoms with van der Waals surface area (Å²) in [6.07, 6.45) is 4.87. The summed E-state index contributed by atoms with van der Waals surface area (Å²) in [6.45, 7) is 2.04. The van der Waals surface area contributed by atoms with Crippen LogP contribution in [-0.2, 0) is 0 Å². The van der Waals surface area contributed by atoms with Crippen LogP contribution < -0.4 is 5.43 Å². The van der Waals surface area contributed by atoms with Crippen molar-refractivity contribution in [1.82, 2.24) is 0 Å². The number of hydrogen-bond acceptors (Lipinski definition) is 2. The molecule has 0 unspecified atom stereocenters. The lowest BCUT2D eigenvalue weighted by Gasteiger charge is -1.83. The molecule has 0 fully saturated rings. The quantitative estimate of drug-likeness (QED) is 0.749. The summed E-state index contributed by atoms with van der Waals surface area (Å²) >= 11 is 0. The second-order valence-electron chi connectivity index (χ2n) is 2.73. The first kappa shape index (κ1) is 9.52. The molecule has 0 saturated heterocycles. The van der Waals surface area contributed by atoms with Gasteiger partial charge in [0.15, 0.2) is 5.75 Å². The Morgan fingerprint density at radius 3 is 2.69 bits per heavy atom. The highest BCUT2D eigenvalue weighted by Gasteiger charge is 1.91. The Bertz CT molecular complexity index is 367. The van der Waals surface area contributed by atoms with Crippen LogP contribution in [0, 0.1) is 0 Å². The van der Waals surface area contributed by atoms with Gasteiger partial charge in [0.2, 0.25) is 5.43 Å². The normalized spacial score (nSPS) is 10.5. The Morgan fingerprint density at radius 1 is 1.31 bits per heavy atom. The minimum Gasteiger partial charge on any atom is -0.504 e. The van der Waals surface area contributed by atoms with Crippen LogP contribution in [0.3, 0.4) is 0 Å². The molecule has 0 bridgehead atoms. The number of rotatable bonds is 2. The zero-order valence-electron chi connectivity index (χ0n) is 7.53. The fourth-order valence-electron chi connectivity index (χ4n) is 0.935. The molecule has 0 saturated carbocycles. The summed E-state index contributed by atoms with van der Waals surface area (Å²) in [5.74, 6) is -0.212. The molecule has 13 heavy (non-hydrogen) atoms. The first-order valence-electron chi connectivity index (χ1n) is 4.24. The van der Waals surface area contributed by atoms with Crippen LogP contribution in [0.5, 0.6) is 5.75 Å². The number of hydrogen-bond donors (Lipinski definition) is 1. The van der Waals surface area contributed by atoms with E-state index in [1.807, 2.05) is 19.1 Å². The van der Waals surface area contributed by atoms with Gasteiger partial charge < -0.3 is 5.11 Å². The van der Waals surface area contributed by atoms with Gasteiger partial charge in [0.1, 0.15) is 0 Å². The largest absolute Gasteiger partial charge is 0.504 e. The van der Waals surface area contributed by atoms with Crippen LogP contribution in [0.4, 0.5) is 0 Å². The molecule has 0 aromatic heterocycles. The SMILES string of the molecule is CC/C=C/c1ccc(O)c(=O)cc1. The van der Waals surface area contributed by atoms with E-state index in [0.717, 1.165) is 12.0 Å². The molecular weight excluding hydrogens is 164 g/mol. The average molecular weight is 176 g/mol. The Kier molecular flexibility index (Phi) is 3.26. The monoisotopic (exact) mass is 176 g/mol. The van der Waals surface area contributed by atoms with Crippen LogP contribution in [0.2, 0.25) is 0 Å². The third-order valence-corrected chi connectivity index (χ3v) is 1.66. The van der Waals surface area contributed by atoms with Crippen molar-refractivity contribution >= 4 is 6.08 Å². The average Bonchev–Trinajstić information content (AvgIpc) is 2.29. The minimum atomic E-state index is -0.351. The Balaban J connectivity index is 3.09. The molecule has 68 valence electrons. The molecule has 0 aliphatic rings. The molecule has 0 spiro atoms. The van der Waals surface area contributed by atoms with Gasteiger partial charge in [-0.05, 0) is 24.1 Å². The first-order chi connectivity index (χ1) is 6.24. The van der Waals surface area contributed by atoms with Crippen LogP contribution in [0.15, 0.2) is 35.1 Å². The van der Waals surface area contributed by atoms with Gasteiger partial charge in [0, 0.05) is 0 Å². The predicted molar refractivity (Wildman–Crippen MR) is 53.7 cm³/mol. The molecule has 1 N–H and O–H groups in total. The van der Waals surface area contributed by atoms with E-state index in [1.54, 1.807) is 12.1 Å². The van der Waals surface area contributed by atoms with E-state index in [-0.39, 0.29) is 11.2 Å². The second-order valence-corrected chi connectivity index (χ2v) is 2.73. The van der Waals surface area contributed by atoms with Crippen molar-refractivity contribution in [2.45, 2.75) is 13.3 Å². The Labute approximate surface area is 77.2 Å².